The maximum Gasteiger partial charge on any atom is 0.239 e. The molecular weight excluding hydrogens is 391 g/mol. The van der Waals surface area contributed by atoms with Crippen molar-refractivity contribution in [3.05, 3.63) is 0 Å². The van der Waals surface area contributed by atoms with Crippen LogP contribution in [0.1, 0.15) is 64.7 Å². The van der Waals surface area contributed by atoms with Gasteiger partial charge in [0.05, 0.1) is 6.54 Å². The van der Waals surface area contributed by atoms with Crippen molar-refractivity contribution >= 4 is 35.8 Å². The second kappa shape index (κ2) is 14.1. The van der Waals surface area contributed by atoms with Crippen LogP contribution < -0.4 is 16.0 Å². The monoisotopic (exact) mass is 424 g/mol. The van der Waals surface area contributed by atoms with E-state index in [0.717, 1.165) is 25.8 Å². The highest BCUT2D eigenvalue weighted by Crippen LogP contribution is 2.16. The summed E-state index contributed by atoms with van der Waals surface area (Å²) in [6.45, 7) is 3.41. The smallest absolute Gasteiger partial charge is 0.239 e. The zero-order chi connectivity index (χ0) is 15.3. The van der Waals surface area contributed by atoms with Crippen molar-refractivity contribution in [3.63, 3.8) is 0 Å². The Morgan fingerprint density at radius 2 is 1.82 bits per heavy atom. The molecule has 0 aromatic carbocycles. The number of aliphatic imine (C=N–C) groups is 1. The summed E-state index contributed by atoms with van der Waals surface area (Å²) in [4.78, 5) is 16.0. The van der Waals surface area contributed by atoms with Crippen molar-refractivity contribution in [2.45, 2.75) is 70.8 Å². The van der Waals surface area contributed by atoms with Crippen molar-refractivity contribution in [2.24, 2.45) is 4.99 Å². The first-order chi connectivity index (χ1) is 10.3. The predicted octanol–water partition coefficient (Wildman–Crippen LogP) is 2.80. The van der Waals surface area contributed by atoms with Crippen LogP contribution in [0.3, 0.4) is 0 Å². The zero-order valence-corrected chi connectivity index (χ0v) is 16.4. The molecule has 130 valence electrons. The van der Waals surface area contributed by atoms with E-state index >= 15 is 0 Å². The van der Waals surface area contributed by atoms with E-state index in [1.165, 1.54) is 38.5 Å². The predicted molar refractivity (Wildman–Crippen MR) is 104 cm³/mol. The van der Waals surface area contributed by atoms with Crippen LogP contribution in [0.2, 0.25) is 0 Å². The molecule has 1 fully saturated rings. The number of hydrogen-bond donors (Lipinski definition) is 3. The molecule has 1 aliphatic rings. The fourth-order valence-corrected chi connectivity index (χ4v) is 2.67. The first-order valence-corrected chi connectivity index (χ1v) is 8.50. The fraction of sp³-hybridized carbons (Fsp3) is 0.875. The number of carbonyl (C=O) groups is 1. The Hall–Kier alpha value is -0.530. The second-order valence-electron chi connectivity index (χ2n) is 5.82. The molecule has 0 saturated heterocycles. The quantitative estimate of drug-likeness (QED) is 0.243. The molecule has 5 nitrogen and oxygen atoms in total. The van der Waals surface area contributed by atoms with E-state index in [-0.39, 0.29) is 29.9 Å². The first kappa shape index (κ1) is 21.5. The van der Waals surface area contributed by atoms with Crippen LogP contribution in [-0.4, -0.2) is 38.0 Å². The Balaban J connectivity index is 0.00000441. The van der Waals surface area contributed by atoms with Crippen molar-refractivity contribution < 1.29 is 4.79 Å². The molecule has 1 amide bonds. The van der Waals surface area contributed by atoms with Crippen LogP contribution >= 0.6 is 24.0 Å². The Morgan fingerprint density at radius 1 is 1.09 bits per heavy atom. The summed E-state index contributed by atoms with van der Waals surface area (Å²) in [5, 5.41) is 9.42. The van der Waals surface area contributed by atoms with Gasteiger partial charge in [-0.3, -0.25) is 9.79 Å². The third kappa shape index (κ3) is 10.2. The van der Waals surface area contributed by atoms with Gasteiger partial charge in [-0.1, -0.05) is 45.4 Å². The number of guanidine groups is 1. The molecule has 1 aliphatic carbocycles. The molecule has 22 heavy (non-hydrogen) atoms. The van der Waals surface area contributed by atoms with Gasteiger partial charge in [-0.15, -0.1) is 24.0 Å². The highest BCUT2D eigenvalue weighted by Gasteiger charge is 2.15. The summed E-state index contributed by atoms with van der Waals surface area (Å²) < 4.78 is 0. The van der Waals surface area contributed by atoms with E-state index in [1.54, 1.807) is 7.05 Å². The van der Waals surface area contributed by atoms with E-state index in [9.17, 15) is 4.79 Å². The topological polar surface area (TPSA) is 65.5 Å². The number of nitrogens with one attached hydrogen (secondary N) is 3. The largest absolute Gasteiger partial charge is 0.356 e. The van der Waals surface area contributed by atoms with Crippen LogP contribution in [0.4, 0.5) is 0 Å². The van der Waals surface area contributed by atoms with Crippen LogP contribution in [0.25, 0.3) is 0 Å². The van der Waals surface area contributed by atoms with Gasteiger partial charge in [-0.2, -0.15) is 0 Å². The lowest BCUT2D eigenvalue weighted by Crippen LogP contribution is -2.46. The second-order valence-corrected chi connectivity index (χ2v) is 5.82. The lowest BCUT2D eigenvalue weighted by molar-refractivity contribution is -0.120. The normalized spacial score (nSPS) is 15.8. The molecule has 0 spiro atoms. The number of rotatable bonds is 8. The van der Waals surface area contributed by atoms with E-state index in [0.29, 0.717) is 18.5 Å². The van der Waals surface area contributed by atoms with Gasteiger partial charge in [0.1, 0.15) is 0 Å². The van der Waals surface area contributed by atoms with Gasteiger partial charge >= 0.3 is 0 Å². The third-order valence-electron chi connectivity index (χ3n) is 3.93. The van der Waals surface area contributed by atoms with Gasteiger partial charge in [0.25, 0.3) is 0 Å². The highest BCUT2D eigenvalue weighted by molar-refractivity contribution is 14.0. The molecule has 1 saturated carbocycles. The minimum absolute atomic E-state index is 0. The van der Waals surface area contributed by atoms with Gasteiger partial charge < -0.3 is 16.0 Å². The molecular formula is C16H33IN4O. The van der Waals surface area contributed by atoms with Gasteiger partial charge in [0, 0.05) is 19.6 Å². The molecule has 6 heteroatoms. The minimum Gasteiger partial charge on any atom is -0.356 e. The van der Waals surface area contributed by atoms with Gasteiger partial charge in [-0.25, -0.2) is 0 Å². The van der Waals surface area contributed by atoms with Crippen LogP contribution in [-0.2, 0) is 4.79 Å². The summed E-state index contributed by atoms with van der Waals surface area (Å²) in [7, 11) is 1.74. The van der Waals surface area contributed by atoms with E-state index in [1.807, 2.05) is 0 Å². The summed E-state index contributed by atoms with van der Waals surface area (Å²) in [6, 6.07) is 0.372. The molecule has 1 rings (SSSR count). The molecule has 0 aromatic rings. The lowest BCUT2D eigenvalue weighted by Gasteiger charge is -2.23. The van der Waals surface area contributed by atoms with E-state index in [4.69, 9.17) is 0 Å². The summed E-state index contributed by atoms with van der Waals surface area (Å²) in [6.07, 6.45) is 10.9. The highest BCUT2D eigenvalue weighted by atomic mass is 127. The Labute approximate surface area is 152 Å². The van der Waals surface area contributed by atoms with Crippen LogP contribution in [0, 0.1) is 0 Å². The van der Waals surface area contributed by atoms with Crippen molar-refractivity contribution in [2.75, 3.05) is 20.1 Å². The van der Waals surface area contributed by atoms with Gasteiger partial charge in [0.2, 0.25) is 5.91 Å². The molecule has 0 bridgehead atoms. The standard InChI is InChI=1S/C16H32N4O.HI/c1-3-4-5-9-12-18-16(17-2)19-13-15(21)20-14-10-7-6-8-11-14;/h14H,3-13H2,1-2H3,(H,20,21)(H2,17,18,19);1H. The first-order valence-electron chi connectivity index (χ1n) is 8.50. The van der Waals surface area contributed by atoms with E-state index in [2.05, 4.69) is 27.9 Å². The van der Waals surface area contributed by atoms with Crippen molar-refractivity contribution in [1.82, 2.24) is 16.0 Å². The molecule has 3 N–H and O–H groups in total. The molecule has 0 aromatic heterocycles. The Kier molecular flexibility index (Phi) is 13.7. The number of halogens is 1. The van der Waals surface area contributed by atoms with E-state index < -0.39 is 0 Å². The fourth-order valence-electron chi connectivity index (χ4n) is 2.67. The van der Waals surface area contributed by atoms with Crippen LogP contribution in [0.15, 0.2) is 4.99 Å². The number of unbranched alkanes of at least 4 members (excludes halogenated alkanes) is 3. The molecule has 0 radical (unpaired) electrons. The molecule has 0 aliphatic heterocycles. The molecule has 0 heterocycles. The number of carbonyl (C=O) groups excluding carboxylic acids is 1. The maximum absolute atomic E-state index is 11.9. The number of amides is 1. The average molecular weight is 424 g/mol. The zero-order valence-electron chi connectivity index (χ0n) is 14.1. The Morgan fingerprint density at radius 3 is 2.45 bits per heavy atom. The lowest BCUT2D eigenvalue weighted by atomic mass is 9.95. The number of nitrogens with zero attached hydrogens (tertiary/aromatic N) is 1. The van der Waals surface area contributed by atoms with Gasteiger partial charge in [0.15, 0.2) is 5.96 Å². The Bertz CT molecular complexity index is 317. The third-order valence-corrected chi connectivity index (χ3v) is 3.93. The molecule has 0 atom stereocenters. The number of hydrogen-bond acceptors (Lipinski definition) is 2. The van der Waals surface area contributed by atoms with Gasteiger partial charge in [-0.05, 0) is 19.3 Å². The summed E-state index contributed by atoms with van der Waals surface area (Å²) in [5.41, 5.74) is 0. The summed E-state index contributed by atoms with van der Waals surface area (Å²) in [5.74, 6) is 0.779. The summed E-state index contributed by atoms with van der Waals surface area (Å²) >= 11 is 0. The molecule has 0 unspecified atom stereocenters. The van der Waals surface area contributed by atoms with Crippen molar-refractivity contribution in [3.8, 4) is 0 Å². The minimum atomic E-state index is 0. The average Bonchev–Trinajstić information content (AvgIpc) is 2.51. The van der Waals surface area contributed by atoms with Crippen molar-refractivity contribution in [1.29, 1.82) is 0 Å². The van der Waals surface area contributed by atoms with Crippen LogP contribution in [0.5, 0.6) is 0 Å². The maximum atomic E-state index is 11.9. The SMILES string of the molecule is CCCCCCNC(=NC)NCC(=O)NC1CCCCC1.I.